The molecule has 0 saturated carbocycles. The number of rotatable bonds is 1. The van der Waals surface area contributed by atoms with Crippen molar-refractivity contribution < 1.29 is 4.79 Å². The Kier molecular flexibility index (Phi) is 3.70. The number of nitrogens with zero attached hydrogens (tertiary/aromatic N) is 1. The average Bonchev–Trinajstić information content (AvgIpc) is 2.88. The highest BCUT2D eigenvalue weighted by Gasteiger charge is 2.20. The minimum absolute atomic E-state index is 0.105. The van der Waals surface area contributed by atoms with E-state index in [2.05, 4.69) is 15.9 Å². The van der Waals surface area contributed by atoms with E-state index in [9.17, 15) is 4.79 Å². The quantitative estimate of drug-likeness (QED) is 0.374. The molecule has 0 spiro atoms. The van der Waals surface area contributed by atoms with Crippen molar-refractivity contribution in [2.75, 3.05) is 0 Å². The van der Waals surface area contributed by atoms with Gasteiger partial charge < -0.3 is 0 Å². The van der Waals surface area contributed by atoms with Gasteiger partial charge in [-0.2, -0.15) is 0 Å². The van der Waals surface area contributed by atoms with E-state index in [-0.39, 0.29) is 5.91 Å². The molecule has 0 aliphatic rings. The van der Waals surface area contributed by atoms with Gasteiger partial charge in [0.25, 0.3) is 5.91 Å². The second-order valence-electron chi connectivity index (χ2n) is 5.75. The van der Waals surface area contributed by atoms with E-state index in [4.69, 9.17) is 11.6 Å². The Morgan fingerprint density at radius 1 is 0.958 bits per heavy atom. The largest absolute Gasteiger partial charge is 0.276 e. The summed E-state index contributed by atoms with van der Waals surface area (Å²) < 4.78 is 2.74. The first kappa shape index (κ1) is 15.4. The van der Waals surface area contributed by atoms with Gasteiger partial charge in [0.15, 0.2) is 0 Å². The van der Waals surface area contributed by atoms with Gasteiger partial charge in [0.2, 0.25) is 0 Å². The molecule has 0 aliphatic carbocycles. The van der Waals surface area contributed by atoms with Crippen LogP contribution in [-0.2, 0) is 0 Å². The Balaban J connectivity index is 2.11. The predicted octanol–water partition coefficient (Wildman–Crippen LogP) is 6.21. The second-order valence-corrected chi connectivity index (χ2v) is 7.07. The van der Waals surface area contributed by atoms with Gasteiger partial charge in [-0.25, -0.2) is 0 Å². The summed E-state index contributed by atoms with van der Waals surface area (Å²) in [4.78, 5) is 13.3. The summed E-state index contributed by atoms with van der Waals surface area (Å²) in [6.45, 7) is 1.91. The zero-order chi connectivity index (χ0) is 16.8. The number of para-hydroxylation sites is 1. The molecule has 0 fully saturated rings. The minimum atomic E-state index is -0.105. The molecule has 0 N–H and O–H groups in total. The Hall–Kier alpha value is -2.10. The van der Waals surface area contributed by atoms with E-state index in [1.807, 2.05) is 61.5 Å². The highest BCUT2D eigenvalue weighted by atomic mass is 79.9. The average molecular weight is 399 g/mol. The number of benzene rings is 3. The van der Waals surface area contributed by atoms with Crippen LogP contribution in [0, 0.1) is 6.92 Å². The van der Waals surface area contributed by atoms with Gasteiger partial charge in [0, 0.05) is 15.2 Å². The highest BCUT2D eigenvalue weighted by Crippen LogP contribution is 2.33. The summed E-state index contributed by atoms with van der Waals surface area (Å²) in [6.07, 6.45) is 0. The molecular weight excluding hydrogens is 386 g/mol. The maximum Gasteiger partial charge on any atom is 0.264 e. The summed E-state index contributed by atoms with van der Waals surface area (Å²) >= 11 is 9.84. The smallest absolute Gasteiger partial charge is 0.264 e. The summed E-state index contributed by atoms with van der Waals surface area (Å²) in [5.74, 6) is -0.105. The normalized spacial score (nSPS) is 11.3. The van der Waals surface area contributed by atoms with Crippen molar-refractivity contribution >= 4 is 55.2 Å². The topological polar surface area (TPSA) is 22.0 Å². The van der Waals surface area contributed by atoms with Crippen LogP contribution in [-0.4, -0.2) is 10.5 Å². The van der Waals surface area contributed by atoms with Crippen LogP contribution in [0.3, 0.4) is 0 Å². The van der Waals surface area contributed by atoms with Gasteiger partial charge in [-0.05, 0) is 42.8 Å². The molecule has 4 rings (SSSR count). The number of hydrogen-bond acceptors (Lipinski definition) is 1. The Labute approximate surface area is 152 Å². The van der Waals surface area contributed by atoms with Crippen LogP contribution in [0.5, 0.6) is 0 Å². The second kappa shape index (κ2) is 5.76. The third-order valence-electron chi connectivity index (χ3n) is 4.27. The summed E-state index contributed by atoms with van der Waals surface area (Å²) in [6, 6.07) is 19.4. The fourth-order valence-electron chi connectivity index (χ4n) is 3.18. The number of aryl methyl sites for hydroxylation is 1. The Morgan fingerprint density at radius 3 is 2.50 bits per heavy atom. The van der Waals surface area contributed by atoms with Crippen LogP contribution in [0.2, 0.25) is 5.02 Å². The molecule has 4 aromatic rings. The lowest BCUT2D eigenvalue weighted by molar-refractivity contribution is 0.0969. The monoisotopic (exact) mass is 397 g/mol. The van der Waals surface area contributed by atoms with Gasteiger partial charge in [0.05, 0.1) is 21.6 Å². The van der Waals surface area contributed by atoms with Crippen molar-refractivity contribution in [1.82, 2.24) is 4.57 Å². The SMILES string of the molecule is Cc1cccc(Cl)c1C(=O)n1c2ccccc2c2cc(Br)ccc21. The number of carbonyl (C=O) groups is 1. The van der Waals surface area contributed by atoms with Crippen molar-refractivity contribution in [1.29, 1.82) is 0 Å². The molecule has 0 amide bonds. The molecule has 1 heterocycles. The minimum Gasteiger partial charge on any atom is -0.276 e. The molecule has 0 saturated heterocycles. The van der Waals surface area contributed by atoms with Gasteiger partial charge in [-0.3, -0.25) is 9.36 Å². The maximum atomic E-state index is 13.3. The molecule has 1 aromatic heterocycles. The number of halogens is 2. The molecule has 2 nitrogen and oxygen atoms in total. The van der Waals surface area contributed by atoms with Crippen molar-refractivity contribution in [3.8, 4) is 0 Å². The molecule has 3 aromatic carbocycles. The third-order valence-corrected chi connectivity index (χ3v) is 5.08. The molecule has 118 valence electrons. The van der Waals surface area contributed by atoms with Crippen LogP contribution >= 0.6 is 27.5 Å². The summed E-state index contributed by atoms with van der Waals surface area (Å²) in [5.41, 5.74) is 3.18. The van der Waals surface area contributed by atoms with Gasteiger partial charge in [-0.1, -0.05) is 57.9 Å². The molecule has 0 aliphatic heterocycles. The third kappa shape index (κ3) is 2.27. The van der Waals surface area contributed by atoms with Gasteiger partial charge in [0.1, 0.15) is 0 Å². The number of hydrogen-bond donors (Lipinski definition) is 0. The van der Waals surface area contributed by atoms with Crippen LogP contribution < -0.4 is 0 Å². The number of fused-ring (bicyclic) bond motifs is 3. The fraction of sp³-hybridized carbons (Fsp3) is 0.0500. The van der Waals surface area contributed by atoms with Crippen molar-refractivity contribution in [3.63, 3.8) is 0 Å². The molecule has 0 bridgehead atoms. The van der Waals surface area contributed by atoms with E-state index < -0.39 is 0 Å². The Bertz CT molecular complexity index is 1090. The summed E-state index contributed by atoms with van der Waals surface area (Å²) in [5, 5.41) is 2.56. The first-order valence-electron chi connectivity index (χ1n) is 7.56. The highest BCUT2D eigenvalue weighted by molar-refractivity contribution is 9.10. The Morgan fingerprint density at radius 2 is 1.71 bits per heavy atom. The van der Waals surface area contributed by atoms with Crippen LogP contribution in [0.25, 0.3) is 21.8 Å². The molecule has 4 heteroatoms. The van der Waals surface area contributed by atoms with Crippen LogP contribution in [0.4, 0.5) is 0 Å². The lowest BCUT2D eigenvalue weighted by atomic mass is 10.1. The van der Waals surface area contributed by atoms with E-state index in [0.29, 0.717) is 10.6 Å². The zero-order valence-electron chi connectivity index (χ0n) is 12.9. The van der Waals surface area contributed by atoms with E-state index in [1.165, 1.54) is 0 Å². The van der Waals surface area contributed by atoms with Crippen molar-refractivity contribution in [2.24, 2.45) is 0 Å². The molecular formula is C20H13BrClNO. The summed E-state index contributed by atoms with van der Waals surface area (Å²) in [7, 11) is 0. The zero-order valence-corrected chi connectivity index (χ0v) is 15.2. The lowest BCUT2D eigenvalue weighted by Crippen LogP contribution is -2.13. The van der Waals surface area contributed by atoms with Crippen molar-refractivity contribution in [2.45, 2.75) is 6.92 Å². The van der Waals surface area contributed by atoms with E-state index >= 15 is 0 Å². The number of aromatic nitrogens is 1. The van der Waals surface area contributed by atoms with E-state index in [0.717, 1.165) is 31.8 Å². The predicted molar refractivity (Wildman–Crippen MR) is 103 cm³/mol. The van der Waals surface area contributed by atoms with Crippen LogP contribution in [0.1, 0.15) is 15.9 Å². The van der Waals surface area contributed by atoms with E-state index in [1.54, 1.807) is 10.6 Å². The maximum absolute atomic E-state index is 13.3. The van der Waals surface area contributed by atoms with Gasteiger partial charge in [-0.15, -0.1) is 0 Å². The first-order chi connectivity index (χ1) is 11.6. The van der Waals surface area contributed by atoms with Crippen molar-refractivity contribution in [3.05, 3.63) is 81.3 Å². The first-order valence-corrected chi connectivity index (χ1v) is 8.73. The standard InChI is InChI=1S/C20H13BrClNO/c1-12-5-4-7-16(22)19(12)20(24)23-17-8-3-2-6-14(17)15-11-13(21)9-10-18(15)23/h2-11H,1H3. The molecule has 0 unspecified atom stereocenters. The van der Waals surface area contributed by atoms with Crippen LogP contribution in [0.15, 0.2) is 65.1 Å². The number of carbonyl (C=O) groups excluding carboxylic acids is 1. The fourth-order valence-corrected chi connectivity index (χ4v) is 3.84. The molecule has 0 radical (unpaired) electrons. The van der Waals surface area contributed by atoms with Gasteiger partial charge >= 0.3 is 0 Å². The molecule has 0 atom stereocenters. The lowest BCUT2D eigenvalue weighted by Gasteiger charge is -2.10. The molecule has 24 heavy (non-hydrogen) atoms.